The number of imide groups is 1. The highest BCUT2D eigenvalue weighted by Gasteiger charge is 2.67. The van der Waals surface area contributed by atoms with Gasteiger partial charge in [-0.2, -0.15) is 0 Å². The molecule has 5 nitrogen and oxygen atoms in total. The number of allylic oxidation sites excluding steroid dienone is 2. The maximum absolute atomic E-state index is 13.0. The Kier molecular flexibility index (Phi) is 2.65. The first-order valence-electron chi connectivity index (χ1n) is 8.36. The molecule has 0 spiro atoms. The topological polar surface area (TPSA) is 63.7 Å². The molecule has 2 amide bonds. The van der Waals surface area contributed by atoms with Crippen LogP contribution in [-0.2, 0) is 14.3 Å². The van der Waals surface area contributed by atoms with Gasteiger partial charge in [-0.05, 0) is 48.3 Å². The van der Waals surface area contributed by atoms with Gasteiger partial charge in [0.2, 0.25) is 11.8 Å². The molecule has 6 unspecified atom stereocenters. The van der Waals surface area contributed by atoms with Crippen molar-refractivity contribution >= 4 is 23.5 Å². The summed E-state index contributed by atoms with van der Waals surface area (Å²) >= 11 is 0. The molecule has 2 saturated carbocycles. The van der Waals surface area contributed by atoms with Crippen LogP contribution >= 0.6 is 0 Å². The highest BCUT2D eigenvalue weighted by atomic mass is 16.5. The highest BCUT2D eigenvalue weighted by Crippen LogP contribution is 2.65. The molecule has 0 N–H and O–H groups in total. The van der Waals surface area contributed by atoms with Crippen LogP contribution in [-0.4, -0.2) is 24.9 Å². The molecule has 4 aliphatic carbocycles. The summed E-state index contributed by atoms with van der Waals surface area (Å²) in [6.07, 6.45) is 5.45. The Balaban J connectivity index is 1.54. The molecule has 122 valence electrons. The molecular weight excluding hydrogens is 306 g/mol. The van der Waals surface area contributed by atoms with E-state index in [0.29, 0.717) is 23.1 Å². The first-order valence-corrected chi connectivity index (χ1v) is 8.36. The molecule has 1 saturated heterocycles. The van der Waals surface area contributed by atoms with Crippen molar-refractivity contribution in [1.29, 1.82) is 0 Å². The number of carbonyl (C=O) groups excluding carboxylic acids is 3. The highest BCUT2D eigenvalue weighted by molar-refractivity contribution is 6.22. The van der Waals surface area contributed by atoms with E-state index >= 15 is 0 Å². The molecule has 3 fully saturated rings. The zero-order valence-electron chi connectivity index (χ0n) is 13.2. The molecule has 0 aromatic heterocycles. The fourth-order valence-electron chi connectivity index (χ4n) is 5.10. The molecule has 1 aromatic carbocycles. The fraction of sp³-hybridized carbons (Fsp3) is 0.421. The van der Waals surface area contributed by atoms with Crippen molar-refractivity contribution in [3.05, 3.63) is 42.0 Å². The lowest BCUT2D eigenvalue weighted by Crippen LogP contribution is -2.40. The van der Waals surface area contributed by atoms with Crippen molar-refractivity contribution in [3.8, 4) is 0 Å². The second-order valence-electron chi connectivity index (χ2n) is 7.21. The van der Waals surface area contributed by atoms with E-state index in [4.69, 9.17) is 4.74 Å². The Morgan fingerprint density at radius 2 is 1.71 bits per heavy atom. The molecule has 6 atom stereocenters. The van der Waals surface area contributed by atoms with Crippen LogP contribution in [0, 0.1) is 35.5 Å². The lowest BCUT2D eigenvalue weighted by molar-refractivity contribution is -0.124. The molecule has 24 heavy (non-hydrogen) atoms. The average Bonchev–Trinajstić information content (AvgIpc) is 3.38. The number of esters is 1. The predicted molar refractivity (Wildman–Crippen MR) is 85.0 cm³/mol. The molecule has 1 aromatic rings. The number of hydrogen-bond acceptors (Lipinski definition) is 4. The Labute approximate surface area is 139 Å². The Hall–Kier alpha value is -2.43. The van der Waals surface area contributed by atoms with E-state index in [1.807, 2.05) is 0 Å². The van der Waals surface area contributed by atoms with E-state index in [0.717, 1.165) is 6.42 Å². The summed E-state index contributed by atoms with van der Waals surface area (Å²) in [7, 11) is 1.31. The minimum Gasteiger partial charge on any atom is -0.465 e. The quantitative estimate of drug-likeness (QED) is 0.475. The van der Waals surface area contributed by atoms with E-state index in [2.05, 4.69) is 12.2 Å². The molecular formula is C19H17NO4. The van der Waals surface area contributed by atoms with Crippen LogP contribution in [0.1, 0.15) is 16.8 Å². The largest absolute Gasteiger partial charge is 0.465 e. The minimum absolute atomic E-state index is 0.114. The molecule has 1 aliphatic heterocycles. The van der Waals surface area contributed by atoms with Gasteiger partial charge < -0.3 is 4.74 Å². The van der Waals surface area contributed by atoms with E-state index < -0.39 is 5.97 Å². The third kappa shape index (κ3) is 1.62. The normalized spacial score (nSPS) is 38.1. The number of methoxy groups -OCH3 is 1. The zero-order chi connectivity index (χ0) is 16.6. The van der Waals surface area contributed by atoms with E-state index in [-0.39, 0.29) is 35.5 Å². The van der Waals surface area contributed by atoms with Crippen LogP contribution in [0.5, 0.6) is 0 Å². The van der Waals surface area contributed by atoms with Gasteiger partial charge in [0.15, 0.2) is 0 Å². The Bertz CT molecular complexity index is 777. The van der Waals surface area contributed by atoms with Gasteiger partial charge in [-0.15, -0.1) is 0 Å². The number of ether oxygens (including phenoxy) is 1. The second kappa shape index (κ2) is 4.56. The lowest BCUT2D eigenvalue weighted by atomic mass is 9.63. The van der Waals surface area contributed by atoms with E-state index in [1.165, 1.54) is 12.0 Å². The maximum Gasteiger partial charge on any atom is 0.337 e. The lowest BCUT2D eigenvalue weighted by Gasteiger charge is -2.37. The number of rotatable bonds is 2. The van der Waals surface area contributed by atoms with E-state index in [9.17, 15) is 14.4 Å². The average molecular weight is 323 g/mol. The molecule has 1 heterocycles. The minimum atomic E-state index is -0.476. The van der Waals surface area contributed by atoms with Gasteiger partial charge in [-0.1, -0.05) is 18.2 Å². The third-order valence-electron chi connectivity index (χ3n) is 6.19. The number of amides is 2. The second-order valence-corrected chi connectivity index (χ2v) is 7.21. The van der Waals surface area contributed by atoms with Crippen molar-refractivity contribution < 1.29 is 19.1 Å². The first kappa shape index (κ1) is 14.0. The summed E-state index contributed by atoms with van der Waals surface area (Å²) in [5.74, 6) is 0.421. The van der Waals surface area contributed by atoms with Gasteiger partial charge in [0.1, 0.15) is 0 Å². The standard InChI is InChI=1S/C19H17NO4/c1-24-19(23)9-3-2-4-10(7-9)20-17(21)15-11-5-6-12(14-8-13(11)14)16(15)18(20)22/h2-7,11-16H,8H2,1H3. The molecule has 5 heteroatoms. The van der Waals surface area contributed by atoms with Crippen LogP contribution < -0.4 is 4.90 Å². The van der Waals surface area contributed by atoms with Crippen LogP contribution in [0.3, 0.4) is 0 Å². The van der Waals surface area contributed by atoms with Gasteiger partial charge >= 0.3 is 5.97 Å². The molecule has 0 radical (unpaired) electrons. The first-order chi connectivity index (χ1) is 11.6. The summed E-state index contributed by atoms with van der Waals surface area (Å²) in [6, 6.07) is 6.56. The monoisotopic (exact) mass is 323 g/mol. The van der Waals surface area contributed by atoms with Crippen molar-refractivity contribution in [3.63, 3.8) is 0 Å². The summed E-state index contributed by atoms with van der Waals surface area (Å²) in [6.45, 7) is 0. The van der Waals surface area contributed by atoms with Crippen LogP contribution in [0.2, 0.25) is 0 Å². The van der Waals surface area contributed by atoms with Crippen LogP contribution in [0.15, 0.2) is 36.4 Å². The number of nitrogens with zero attached hydrogens (tertiary/aromatic N) is 1. The third-order valence-corrected chi connectivity index (χ3v) is 6.19. The maximum atomic E-state index is 13.0. The van der Waals surface area contributed by atoms with Crippen LogP contribution in [0.25, 0.3) is 0 Å². The summed E-state index contributed by atoms with van der Waals surface area (Å²) in [5.41, 5.74) is 0.810. The van der Waals surface area contributed by atoms with Crippen molar-refractivity contribution in [2.75, 3.05) is 12.0 Å². The Morgan fingerprint density at radius 1 is 1.08 bits per heavy atom. The van der Waals surface area contributed by atoms with Gasteiger partial charge in [0.25, 0.3) is 0 Å². The molecule has 6 rings (SSSR count). The van der Waals surface area contributed by atoms with E-state index in [1.54, 1.807) is 24.3 Å². The van der Waals surface area contributed by atoms with Gasteiger partial charge in [-0.25, -0.2) is 9.69 Å². The molecule has 5 aliphatic rings. The van der Waals surface area contributed by atoms with Gasteiger partial charge in [-0.3, -0.25) is 9.59 Å². The van der Waals surface area contributed by atoms with Crippen molar-refractivity contribution in [1.82, 2.24) is 0 Å². The zero-order valence-corrected chi connectivity index (χ0v) is 13.2. The van der Waals surface area contributed by atoms with Crippen molar-refractivity contribution in [2.24, 2.45) is 35.5 Å². The number of benzene rings is 1. The number of carbonyl (C=O) groups is 3. The number of anilines is 1. The predicted octanol–water partition coefficient (Wildman–Crippen LogP) is 2.03. The summed E-state index contributed by atoms with van der Waals surface area (Å²) in [4.78, 5) is 39.0. The summed E-state index contributed by atoms with van der Waals surface area (Å²) in [5, 5.41) is 0. The van der Waals surface area contributed by atoms with Gasteiger partial charge in [0, 0.05) is 0 Å². The van der Waals surface area contributed by atoms with Gasteiger partial charge in [0.05, 0.1) is 30.2 Å². The van der Waals surface area contributed by atoms with Crippen molar-refractivity contribution in [2.45, 2.75) is 6.42 Å². The number of hydrogen-bond donors (Lipinski definition) is 0. The molecule has 2 bridgehead atoms. The fourth-order valence-corrected chi connectivity index (χ4v) is 5.10. The smallest absolute Gasteiger partial charge is 0.337 e. The Morgan fingerprint density at radius 3 is 2.29 bits per heavy atom. The van der Waals surface area contributed by atoms with Crippen LogP contribution in [0.4, 0.5) is 5.69 Å². The summed E-state index contributed by atoms with van der Waals surface area (Å²) < 4.78 is 4.73. The SMILES string of the molecule is COC(=O)c1cccc(N2C(=O)C3C4C=CC(C5CC45)C3C2=O)c1.